The van der Waals surface area contributed by atoms with Gasteiger partial charge in [0.05, 0.1) is 18.7 Å². The average molecular weight is 286 g/mol. The minimum atomic E-state index is 0.128. The molecule has 1 aliphatic heterocycles. The van der Waals surface area contributed by atoms with Crippen molar-refractivity contribution in [2.75, 3.05) is 13.7 Å². The largest absolute Gasteiger partial charge is 0.496 e. The van der Waals surface area contributed by atoms with Gasteiger partial charge in [-0.2, -0.15) is 5.26 Å². The number of ether oxygens (including phenoxy) is 1. The lowest BCUT2D eigenvalue weighted by Crippen LogP contribution is -2.27. The van der Waals surface area contributed by atoms with E-state index in [2.05, 4.69) is 26.8 Å². The third-order valence-corrected chi connectivity index (χ3v) is 4.21. The van der Waals surface area contributed by atoms with Crippen molar-refractivity contribution in [1.82, 2.24) is 4.90 Å². The van der Waals surface area contributed by atoms with Gasteiger partial charge in [0.1, 0.15) is 5.75 Å². The fourth-order valence-corrected chi connectivity index (χ4v) is 2.68. The average Bonchev–Trinajstić information content (AvgIpc) is 2.80. The van der Waals surface area contributed by atoms with Crippen LogP contribution in [0.4, 0.5) is 0 Å². The maximum atomic E-state index is 12.2. The molecule has 4 heteroatoms. The number of nitriles is 1. The molecule has 1 aliphatic rings. The summed E-state index contributed by atoms with van der Waals surface area (Å²) in [6.45, 7) is 7.79. The Morgan fingerprint density at radius 2 is 2.14 bits per heavy atom. The lowest BCUT2D eigenvalue weighted by atomic mass is 9.80. The van der Waals surface area contributed by atoms with E-state index < -0.39 is 0 Å². The van der Waals surface area contributed by atoms with Crippen molar-refractivity contribution in [3.63, 3.8) is 0 Å². The minimum Gasteiger partial charge on any atom is -0.496 e. The number of hydrogen-bond acceptors (Lipinski definition) is 3. The summed E-state index contributed by atoms with van der Waals surface area (Å²) < 4.78 is 5.34. The summed E-state index contributed by atoms with van der Waals surface area (Å²) in [5.41, 5.74) is 1.60. The number of benzene rings is 1. The quantitative estimate of drug-likeness (QED) is 0.858. The molecule has 1 saturated heterocycles. The molecule has 0 saturated carbocycles. The van der Waals surface area contributed by atoms with E-state index in [1.54, 1.807) is 25.3 Å². The predicted molar refractivity (Wildman–Crippen MR) is 80.7 cm³/mol. The number of likely N-dealkylation sites (tertiary alicyclic amines) is 1. The number of carbonyl (C=O) groups is 1. The van der Waals surface area contributed by atoms with E-state index in [-0.39, 0.29) is 11.3 Å². The van der Waals surface area contributed by atoms with Gasteiger partial charge in [0.25, 0.3) is 0 Å². The first-order valence-corrected chi connectivity index (χ1v) is 7.20. The molecule has 0 bridgehead atoms. The lowest BCUT2D eigenvalue weighted by Gasteiger charge is -2.26. The van der Waals surface area contributed by atoms with Crippen LogP contribution in [0, 0.1) is 22.7 Å². The fourth-order valence-electron chi connectivity index (χ4n) is 2.68. The Labute approximate surface area is 126 Å². The summed E-state index contributed by atoms with van der Waals surface area (Å²) in [6.07, 6.45) is 0.601. The molecule has 1 aromatic carbocycles. The van der Waals surface area contributed by atoms with Crippen molar-refractivity contribution in [3.05, 3.63) is 29.3 Å². The third-order valence-electron chi connectivity index (χ3n) is 4.21. The van der Waals surface area contributed by atoms with Crippen LogP contribution in [0.2, 0.25) is 0 Å². The minimum absolute atomic E-state index is 0.128. The number of carbonyl (C=O) groups excluding carboxylic acids is 1. The Kier molecular flexibility index (Phi) is 4.22. The van der Waals surface area contributed by atoms with Gasteiger partial charge < -0.3 is 9.64 Å². The molecule has 0 radical (unpaired) electrons. The van der Waals surface area contributed by atoms with Crippen LogP contribution in [0.3, 0.4) is 0 Å². The van der Waals surface area contributed by atoms with Crippen LogP contribution >= 0.6 is 0 Å². The van der Waals surface area contributed by atoms with E-state index in [4.69, 9.17) is 10.00 Å². The van der Waals surface area contributed by atoms with E-state index in [1.165, 1.54) is 0 Å². The second kappa shape index (κ2) is 5.77. The maximum absolute atomic E-state index is 12.2. The molecule has 1 atom stereocenters. The molecule has 4 nitrogen and oxygen atoms in total. The maximum Gasteiger partial charge on any atom is 0.223 e. The third kappa shape index (κ3) is 3.36. The second-order valence-corrected chi connectivity index (χ2v) is 6.68. The molecule has 1 heterocycles. The summed E-state index contributed by atoms with van der Waals surface area (Å²) in [4.78, 5) is 14.1. The molecule has 0 spiro atoms. The Hall–Kier alpha value is -2.02. The van der Waals surface area contributed by atoms with E-state index in [1.807, 2.05) is 4.90 Å². The first-order valence-electron chi connectivity index (χ1n) is 7.20. The molecule has 112 valence electrons. The highest BCUT2D eigenvalue weighted by Gasteiger charge is 2.36. The number of amides is 1. The van der Waals surface area contributed by atoms with Crippen LogP contribution in [0.25, 0.3) is 0 Å². The first kappa shape index (κ1) is 15.4. The predicted octanol–water partition coefficient (Wildman–Crippen LogP) is 2.96. The summed E-state index contributed by atoms with van der Waals surface area (Å²) in [5.74, 6) is 1.27. The van der Waals surface area contributed by atoms with Crippen LogP contribution in [0.5, 0.6) is 5.75 Å². The van der Waals surface area contributed by atoms with Gasteiger partial charge >= 0.3 is 0 Å². The SMILES string of the molecule is COc1ccc(C#N)cc1CN1CC(C(C)(C)C)CC1=O. The highest BCUT2D eigenvalue weighted by molar-refractivity contribution is 5.78. The normalized spacial score (nSPS) is 18.7. The molecule has 2 rings (SSSR count). The van der Waals surface area contributed by atoms with Crippen LogP contribution in [0.1, 0.15) is 38.3 Å². The van der Waals surface area contributed by atoms with Crippen LogP contribution in [-0.4, -0.2) is 24.5 Å². The standard InChI is InChI=1S/C17H22N2O2/c1-17(2,3)14-8-16(20)19(11-14)10-13-7-12(9-18)5-6-15(13)21-4/h5-7,14H,8,10-11H2,1-4H3. The van der Waals surface area contributed by atoms with Crippen molar-refractivity contribution in [3.8, 4) is 11.8 Å². The van der Waals surface area contributed by atoms with E-state index in [0.29, 0.717) is 24.4 Å². The Morgan fingerprint density at radius 3 is 2.67 bits per heavy atom. The molecule has 1 fully saturated rings. The number of nitrogens with zero attached hydrogens (tertiary/aromatic N) is 2. The Balaban J connectivity index is 2.19. The molecule has 1 aromatic rings. The van der Waals surface area contributed by atoms with Crippen LogP contribution in [0.15, 0.2) is 18.2 Å². The molecule has 0 aromatic heterocycles. The van der Waals surface area contributed by atoms with Gasteiger partial charge in [-0.05, 0) is 29.5 Å². The van der Waals surface area contributed by atoms with Gasteiger partial charge in [0.2, 0.25) is 5.91 Å². The van der Waals surface area contributed by atoms with E-state index in [0.717, 1.165) is 17.9 Å². The fraction of sp³-hybridized carbons (Fsp3) is 0.529. The summed E-state index contributed by atoms with van der Waals surface area (Å²) in [5, 5.41) is 9.02. The van der Waals surface area contributed by atoms with Gasteiger partial charge in [-0.3, -0.25) is 4.79 Å². The van der Waals surface area contributed by atoms with Crippen molar-refractivity contribution < 1.29 is 9.53 Å². The monoisotopic (exact) mass is 286 g/mol. The van der Waals surface area contributed by atoms with E-state index in [9.17, 15) is 4.79 Å². The Morgan fingerprint density at radius 1 is 1.43 bits per heavy atom. The smallest absolute Gasteiger partial charge is 0.223 e. The first-order chi connectivity index (χ1) is 9.85. The molecule has 1 unspecified atom stereocenters. The molecular weight excluding hydrogens is 264 g/mol. The zero-order valence-corrected chi connectivity index (χ0v) is 13.1. The van der Waals surface area contributed by atoms with Crippen molar-refractivity contribution in [2.24, 2.45) is 11.3 Å². The second-order valence-electron chi connectivity index (χ2n) is 6.68. The number of methoxy groups -OCH3 is 1. The van der Waals surface area contributed by atoms with Crippen molar-refractivity contribution >= 4 is 5.91 Å². The summed E-state index contributed by atoms with van der Waals surface area (Å²) >= 11 is 0. The van der Waals surface area contributed by atoms with Gasteiger partial charge in [0, 0.05) is 25.1 Å². The van der Waals surface area contributed by atoms with Crippen LogP contribution < -0.4 is 4.74 Å². The zero-order valence-electron chi connectivity index (χ0n) is 13.1. The molecular formula is C17H22N2O2. The highest BCUT2D eigenvalue weighted by atomic mass is 16.5. The molecule has 21 heavy (non-hydrogen) atoms. The number of rotatable bonds is 3. The highest BCUT2D eigenvalue weighted by Crippen LogP contribution is 2.35. The van der Waals surface area contributed by atoms with Gasteiger partial charge in [-0.1, -0.05) is 20.8 Å². The van der Waals surface area contributed by atoms with Crippen molar-refractivity contribution in [2.45, 2.75) is 33.7 Å². The van der Waals surface area contributed by atoms with Crippen LogP contribution in [-0.2, 0) is 11.3 Å². The Bertz CT molecular complexity index is 581. The summed E-state index contributed by atoms with van der Waals surface area (Å²) in [6, 6.07) is 7.45. The van der Waals surface area contributed by atoms with E-state index >= 15 is 0 Å². The lowest BCUT2D eigenvalue weighted by molar-refractivity contribution is -0.128. The van der Waals surface area contributed by atoms with Gasteiger partial charge in [-0.25, -0.2) is 0 Å². The zero-order chi connectivity index (χ0) is 15.6. The summed E-state index contributed by atoms with van der Waals surface area (Å²) in [7, 11) is 1.61. The van der Waals surface area contributed by atoms with Gasteiger partial charge in [-0.15, -0.1) is 0 Å². The van der Waals surface area contributed by atoms with Gasteiger partial charge in [0.15, 0.2) is 0 Å². The van der Waals surface area contributed by atoms with Crippen molar-refractivity contribution in [1.29, 1.82) is 5.26 Å². The molecule has 0 N–H and O–H groups in total. The number of hydrogen-bond donors (Lipinski definition) is 0. The molecule has 1 amide bonds. The molecule has 0 aliphatic carbocycles. The topological polar surface area (TPSA) is 53.3 Å².